The van der Waals surface area contributed by atoms with Gasteiger partial charge in [0.05, 0.1) is 39.3 Å². The van der Waals surface area contributed by atoms with Crippen molar-refractivity contribution in [2.75, 3.05) is 45.8 Å². The van der Waals surface area contributed by atoms with Crippen LogP contribution in [-0.2, 0) is 9.53 Å². The van der Waals surface area contributed by atoms with Gasteiger partial charge in [0.2, 0.25) is 5.91 Å². The molecule has 0 bridgehead atoms. The van der Waals surface area contributed by atoms with Crippen molar-refractivity contribution in [1.82, 2.24) is 14.7 Å². The smallest absolute Gasteiger partial charge is 0.254 e. The Morgan fingerprint density at radius 1 is 1.21 bits per heavy atom. The maximum absolute atomic E-state index is 12.9. The summed E-state index contributed by atoms with van der Waals surface area (Å²) in [6.45, 7) is 5.69. The molecule has 1 aromatic heterocycles. The summed E-state index contributed by atoms with van der Waals surface area (Å²) in [5, 5.41) is 7.03. The molecule has 0 aliphatic carbocycles. The fourth-order valence-electron chi connectivity index (χ4n) is 3.13. The van der Waals surface area contributed by atoms with Crippen molar-refractivity contribution in [3.05, 3.63) is 35.7 Å². The lowest BCUT2D eigenvalue weighted by Gasteiger charge is -2.27. The topological polar surface area (TPSA) is 94.9 Å². The Balaban J connectivity index is 1.89. The molecule has 9 heteroatoms. The molecule has 1 fully saturated rings. The minimum atomic E-state index is -0.544. The Hall–Kier alpha value is -3.07. The Morgan fingerprint density at radius 3 is 2.52 bits per heavy atom. The van der Waals surface area contributed by atoms with Gasteiger partial charge in [0.25, 0.3) is 5.91 Å². The van der Waals surface area contributed by atoms with E-state index in [1.807, 2.05) is 6.92 Å². The first-order valence-corrected chi connectivity index (χ1v) is 9.39. The third kappa shape index (κ3) is 4.51. The van der Waals surface area contributed by atoms with Crippen molar-refractivity contribution < 1.29 is 23.8 Å². The molecule has 1 saturated heterocycles. The molecule has 1 aliphatic rings. The normalized spacial score (nSPS) is 15.0. The lowest BCUT2D eigenvalue weighted by Crippen LogP contribution is -2.40. The Labute approximate surface area is 169 Å². The molecule has 156 valence electrons. The minimum absolute atomic E-state index is 0.152. The van der Waals surface area contributed by atoms with Crippen molar-refractivity contribution in [1.29, 1.82) is 0 Å². The predicted molar refractivity (Wildman–Crippen MR) is 107 cm³/mol. The van der Waals surface area contributed by atoms with Crippen LogP contribution in [0.1, 0.15) is 28.9 Å². The molecule has 2 heterocycles. The van der Waals surface area contributed by atoms with E-state index in [0.29, 0.717) is 49.1 Å². The van der Waals surface area contributed by atoms with Crippen LogP contribution < -0.4 is 14.8 Å². The van der Waals surface area contributed by atoms with Crippen molar-refractivity contribution in [3.8, 4) is 11.5 Å². The largest absolute Gasteiger partial charge is 0.493 e. The number of rotatable bonds is 6. The maximum atomic E-state index is 12.9. The maximum Gasteiger partial charge on any atom is 0.254 e. The summed E-state index contributed by atoms with van der Waals surface area (Å²) in [5.41, 5.74) is 1.73. The summed E-state index contributed by atoms with van der Waals surface area (Å²) in [6, 6.07) is 2.68. The highest BCUT2D eigenvalue weighted by molar-refractivity contribution is 6.00. The summed E-state index contributed by atoms with van der Waals surface area (Å²) in [7, 11) is 2.97. The van der Waals surface area contributed by atoms with Gasteiger partial charge in [-0.15, -0.1) is 0 Å². The first-order valence-electron chi connectivity index (χ1n) is 9.39. The van der Waals surface area contributed by atoms with Crippen LogP contribution in [0.2, 0.25) is 0 Å². The van der Waals surface area contributed by atoms with Gasteiger partial charge in [-0.05, 0) is 31.5 Å². The molecule has 0 radical (unpaired) electrons. The Bertz CT molecular complexity index is 889. The molecule has 2 amide bonds. The number of aryl methyl sites for hydroxylation is 1. The quantitative estimate of drug-likeness (QED) is 0.793. The zero-order valence-electron chi connectivity index (χ0n) is 17.1. The number of amides is 2. The Kier molecular flexibility index (Phi) is 6.38. The minimum Gasteiger partial charge on any atom is -0.493 e. The molecule has 29 heavy (non-hydrogen) atoms. The lowest BCUT2D eigenvalue weighted by atomic mass is 10.1. The van der Waals surface area contributed by atoms with Crippen LogP contribution >= 0.6 is 0 Å². The van der Waals surface area contributed by atoms with Crippen molar-refractivity contribution in [2.24, 2.45) is 0 Å². The highest BCUT2D eigenvalue weighted by Gasteiger charge is 2.24. The summed E-state index contributed by atoms with van der Waals surface area (Å²) in [5.74, 6) is 0.276. The average Bonchev–Trinajstić information content (AvgIpc) is 3.18. The summed E-state index contributed by atoms with van der Waals surface area (Å²) in [4.78, 5) is 27.4. The number of nitrogens with zero attached hydrogens (tertiary/aromatic N) is 3. The van der Waals surface area contributed by atoms with Crippen molar-refractivity contribution in [3.63, 3.8) is 0 Å². The van der Waals surface area contributed by atoms with Crippen LogP contribution in [0.15, 0.2) is 24.5 Å². The van der Waals surface area contributed by atoms with Gasteiger partial charge in [0.15, 0.2) is 11.5 Å². The highest BCUT2D eigenvalue weighted by Crippen LogP contribution is 2.37. The van der Waals surface area contributed by atoms with E-state index >= 15 is 0 Å². The molecule has 1 atom stereocenters. The molecule has 0 saturated carbocycles. The van der Waals surface area contributed by atoms with Crippen molar-refractivity contribution >= 4 is 17.5 Å². The van der Waals surface area contributed by atoms with Gasteiger partial charge >= 0.3 is 0 Å². The molecular formula is C20H26N4O5. The van der Waals surface area contributed by atoms with Crippen LogP contribution in [0.3, 0.4) is 0 Å². The van der Waals surface area contributed by atoms with E-state index in [2.05, 4.69) is 10.4 Å². The molecule has 3 rings (SSSR count). The number of hydrogen-bond donors (Lipinski definition) is 1. The first kappa shape index (κ1) is 20.7. The third-order valence-electron chi connectivity index (χ3n) is 4.79. The van der Waals surface area contributed by atoms with E-state index in [4.69, 9.17) is 14.2 Å². The summed E-state index contributed by atoms with van der Waals surface area (Å²) >= 11 is 0. The number of carbonyl (C=O) groups is 2. The van der Waals surface area contributed by atoms with Crippen LogP contribution in [0, 0.1) is 6.92 Å². The summed E-state index contributed by atoms with van der Waals surface area (Å²) < 4.78 is 17.7. The first-order chi connectivity index (χ1) is 13.9. The molecule has 9 nitrogen and oxygen atoms in total. The van der Waals surface area contributed by atoms with Crippen molar-refractivity contribution in [2.45, 2.75) is 19.9 Å². The Morgan fingerprint density at radius 2 is 1.93 bits per heavy atom. The molecular weight excluding hydrogens is 376 g/mol. The number of benzene rings is 1. The van der Waals surface area contributed by atoms with Gasteiger partial charge in [0.1, 0.15) is 6.04 Å². The average molecular weight is 402 g/mol. The van der Waals surface area contributed by atoms with Crippen LogP contribution in [-0.4, -0.2) is 67.0 Å². The summed E-state index contributed by atoms with van der Waals surface area (Å²) in [6.07, 6.45) is 3.48. The number of ether oxygens (including phenoxy) is 3. The SMILES string of the molecule is COc1cc(C(=O)N2CCOCC2)cc(NC(=O)C(C)n2cc(C)cn2)c1OC. The second-order valence-corrected chi connectivity index (χ2v) is 6.83. The van der Waals surface area contributed by atoms with E-state index in [-0.39, 0.29) is 11.8 Å². The van der Waals surface area contributed by atoms with E-state index in [1.165, 1.54) is 14.2 Å². The fraction of sp³-hybridized carbons (Fsp3) is 0.450. The van der Waals surface area contributed by atoms with E-state index in [9.17, 15) is 9.59 Å². The van der Waals surface area contributed by atoms with Gasteiger partial charge < -0.3 is 24.4 Å². The van der Waals surface area contributed by atoms with Gasteiger partial charge in [-0.3, -0.25) is 14.3 Å². The van der Waals surface area contributed by atoms with Gasteiger partial charge in [-0.25, -0.2) is 0 Å². The molecule has 1 N–H and O–H groups in total. The second-order valence-electron chi connectivity index (χ2n) is 6.83. The number of morpholine rings is 1. The molecule has 1 aromatic carbocycles. The number of aromatic nitrogens is 2. The van der Waals surface area contributed by atoms with Gasteiger partial charge in [0, 0.05) is 24.8 Å². The zero-order chi connectivity index (χ0) is 21.0. The van der Waals surface area contributed by atoms with Gasteiger partial charge in [-0.2, -0.15) is 5.10 Å². The number of carbonyl (C=O) groups excluding carboxylic acids is 2. The number of anilines is 1. The highest BCUT2D eigenvalue weighted by atomic mass is 16.5. The van der Waals surface area contributed by atoms with Crippen LogP contribution in [0.5, 0.6) is 11.5 Å². The van der Waals surface area contributed by atoms with Crippen LogP contribution in [0.4, 0.5) is 5.69 Å². The number of nitrogens with one attached hydrogen (secondary N) is 1. The van der Waals surface area contributed by atoms with E-state index in [1.54, 1.807) is 41.0 Å². The third-order valence-corrected chi connectivity index (χ3v) is 4.79. The van der Waals surface area contributed by atoms with E-state index < -0.39 is 6.04 Å². The van der Waals surface area contributed by atoms with E-state index in [0.717, 1.165) is 5.56 Å². The molecule has 0 spiro atoms. The predicted octanol–water partition coefficient (Wildman–Crippen LogP) is 1.88. The zero-order valence-corrected chi connectivity index (χ0v) is 17.1. The molecule has 1 unspecified atom stereocenters. The van der Waals surface area contributed by atoms with Gasteiger partial charge in [-0.1, -0.05) is 0 Å². The molecule has 2 aromatic rings. The monoisotopic (exact) mass is 402 g/mol. The number of methoxy groups -OCH3 is 2. The lowest BCUT2D eigenvalue weighted by molar-refractivity contribution is -0.119. The standard InChI is InChI=1S/C20H26N4O5/c1-13-11-21-24(12-13)14(2)19(25)22-16-9-15(10-17(27-3)18(16)28-4)20(26)23-5-7-29-8-6-23/h9-12,14H,5-8H2,1-4H3,(H,22,25). The second kappa shape index (κ2) is 8.95. The molecule has 1 aliphatic heterocycles. The number of hydrogen-bond acceptors (Lipinski definition) is 6. The fourth-order valence-corrected chi connectivity index (χ4v) is 3.13. The van der Waals surface area contributed by atoms with Crippen LogP contribution in [0.25, 0.3) is 0 Å².